The summed E-state index contributed by atoms with van der Waals surface area (Å²) in [5, 5.41) is 3.78. The molecule has 2 aromatic heterocycles. The molecule has 3 aromatic rings. The maximum Gasteiger partial charge on any atom is 0.415 e. The minimum absolute atomic E-state index is 0.140. The number of ether oxygens (including phenoxy) is 1. The van der Waals surface area contributed by atoms with Crippen molar-refractivity contribution in [3.05, 3.63) is 65.6 Å². The molecule has 0 bridgehead atoms. The van der Waals surface area contributed by atoms with Crippen LogP contribution in [0.5, 0.6) is 5.75 Å². The molecule has 1 unspecified atom stereocenters. The number of nitrogens with zero attached hydrogens (tertiary/aromatic N) is 5. The van der Waals surface area contributed by atoms with Gasteiger partial charge in [-0.1, -0.05) is 17.3 Å². The monoisotopic (exact) mass is 441 g/mol. The number of amides is 1. The molecule has 1 atom stereocenters. The quantitative estimate of drug-likeness (QED) is 0.593. The van der Waals surface area contributed by atoms with Gasteiger partial charge in [-0.2, -0.15) is 12.6 Å². The third-order valence-corrected chi connectivity index (χ3v) is 6.01. The van der Waals surface area contributed by atoms with E-state index in [-0.39, 0.29) is 11.3 Å². The Kier molecular flexibility index (Phi) is 6.62. The average Bonchev–Trinajstić information content (AvgIpc) is 3.40. The average molecular weight is 442 g/mol. The van der Waals surface area contributed by atoms with Crippen LogP contribution in [0.15, 0.2) is 47.2 Å². The summed E-state index contributed by atoms with van der Waals surface area (Å²) in [4.78, 5) is 21.0. The van der Waals surface area contributed by atoms with Crippen molar-refractivity contribution in [2.45, 2.75) is 18.6 Å². The Balaban J connectivity index is 1.24. The molecule has 1 aliphatic heterocycles. The molecule has 1 saturated heterocycles. The van der Waals surface area contributed by atoms with Crippen molar-refractivity contribution < 1.29 is 14.1 Å². The topological polar surface area (TPSA) is 76.6 Å². The summed E-state index contributed by atoms with van der Waals surface area (Å²) in [7, 11) is 1.94. The third-order valence-electron chi connectivity index (χ3n) is 5.49. The second kappa shape index (κ2) is 9.57. The molecule has 8 nitrogen and oxygen atoms in total. The van der Waals surface area contributed by atoms with E-state index in [1.165, 1.54) is 0 Å². The lowest BCUT2D eigenvalue weighted by Crippen LogP contribution is -2.49. The number of thiol groups is 1. The number of rotatable bonds is 6. The van der Waals surface area contributed by atoms with E-state index in [4.69, 9.17) is 9.26 Å². The van der Waals surface area contributed by atoms with Crippen LogP contribution in [-0.2, 0) is 13.5 Å². The fourth-order valence-electron chi connectivity index (χ4n) is 3.63. The lowest BCUT2D eigenvalue weighted by molar-refractivity contribution is 0.110. The molecule has 0 aliphatic carbocycles. The van der Waals surface area contributed by atoms with Crippen molar-refractivity contribution >= 4 is 18.7 Å². The van der Waals surface area contributed by atoms with Gasteiger partial charge in [0.15, 0.2) is 0 Å². The first-order valence-electron chi connectivity index (χ1n) is 10.4. The van der Waals surface area contributed by atoms with Crippen LogP contribution in [-0.4, -0.2) is 63.3 Å². The highest BCUT2D eigenvalue weighted by Gasteiger charge is 2.23. The van der Waals surface area contributed by atoms with Crippen molar-refractivity contribution in [2.24, 2.45) is 7.05 Å². The third kappa shape index (κ3) is 5.29. The van der Waals surface area contributed by atoms with Crippen LogP contribution in [0.4, 0.5) is 4.79 Å². The standard InChI is InChI=1S/C22H27N5O3S/c1-16-15-19(30-24-16)7-9-26-11-13-27(14-12-26)22(28)29-18-5-3-17(4-6-18)20(31)21-23-8-10-25(21)2/h3-6,8,10,15,20,31H,7,9,11-14H2,1-2H3. The molecule has 0 radical (unpaired) electrons. The number of benzene rings is 1. The van der Waals surface area contributed by atoms with Gasteiger partial charge in [-0.05, 0) is 24.6 Å². The first kappa shape index (κ1) is 21.5. The van der Waals surface area contributed by atoms with Crippen LogP contribution in [0, 0.1) is 6.92 Å². The van der Waals surface area contributed by atoms with E-state index in [1.807, 2.05) is 42.9 Å². The molecule has 164 valence electrons. The number of aryl methyl sites for hydroxylation is 2. The summed E-state index contributed by atoms with van der Waals surface area (Å²) in [6.07, 6.45) is 4.15. The van der Waals surface area contributed by atoms with E-state index in [2.05, 4.69) is 27.7 Å². The Labute approximate surface area is 187 Å². The van der Waals surface area contributed by atoms with Crippen LogP contribution >= 0.6 is 12.6 Å². The van der Waals surface area contributed by atoms with Gasteiger partial charge in [0.25, 0.3) is 0 Å². The predicted molar refractivity (Wildman–Crippen MR) is 119 cm³/mol. The molecule has 31 heavy (non-hydrogen) atoms. The van der Waals surface area contributed by atoms with E-state index in [1.54, 1.807) is 23.2 Å². The highest BCUT2D eigenvalue weighted by Crippen LogP contribution is 2.28. The zero-order chi connectivity index (χ0) is 21.8. The lowest BCUT2D eigenvalue weighted by atomic mass is 10.1. The summed E-state index contributed by atoms with van der Waals surface area (Å²) in [6.45, 7) is 5.72. The molecule has 1 aromatic carbocycles. The number of carbonyl (C=O) groups excluding carboxylic acids is 1. The summed E-state index contributed by atoms with van der Waals surface area (Å²) in [5.41, 5.74) is 1.89. The van der Waals surface area contributed by atoms with Crippen LogP contribution < -0.4 is 4.74 Å². The van der Waals surface area contributed by atoms with Gasteiger partial charge in [-0.15, -0.1) is 0 Å². The van der Waals surface area contributed by atoms with E-state index in [0.717, 1.165) is 48.9 Å². The van der Waals surface area contributed by atoms with E-state index < -0.39 is 0 Å². The first-order valence-corrected chi connectivity index (χ1v) is 10.9. The molecule has 4 rings (SSSR count). The molecule has 0 saturated carbocycles. The van der Waals surface area contributed by atoms with Gasteiger partial charge < -0.3 is 18.7 Å². The number of hydrogen-bond donors (Lipinski definition) is 1. The van der Waals surface area contributed by atoms with Crippen molar-refractivity contribution in [3.63, 3.8) is 0 Å². The van der Waals surface area contributed by atoms with Crippen molar-refractivity contribution in [2.75, 3.05) is 32.7 Å². The maximum atomic E-state index is 12.5. The molecule has 0 N–H and O–H groups in total. The van der Waals surface area contributed by atoms with E-state index in [0.29, 0.717) is 18.8 Å². The van der Waals surface area contributed by atoms with E-state index in [9.17, 15) is 4.79 Å². The van der Waals surface area contributed by atoms with Gasteiger partial charge in [0.05, 0.1) is 10.9 Å². The second-order valence-corrected chi connectivity index (χ2v) is 8.27. The zero-order valence-electron chi connectivity index (χ0n) is 17.8. The highest BCUT2D eigenvalue weighted by atomic mass is 32.1. The molecule has 1 aliphatic rings. The first-order chi connectivity index (χ1) is 15.0. The van der Waals surface area contributed by atoms with E-state index >= 15 is 0 Å². The SMILES string of the molecule is Cc1cc(CCN2CCN(C(=O)Oc3ccc(C(S)c4nccn4C)cc3)CC2)on1. The van der Waals surface area contributed by atoms with Crippen LogP contribution in [0.2, 0.25) is 0 Å². The van der Waals surface area contributed by atoms with Gasteiger partial charge in [0, 0.05) is 64.7 Å². The number of aromatic nitrogens is 3. The van der Waals surface area contributed by atoms with Crippen molar-refractivity contribution in [1.82, 2.24) is 24.5 Å². The Morgan fingerprint density at radius 2 is 1.97 bits per heavy atom. The molecular formula is C22H27N5O3S. The largest absolute Gasteiger partial charge is 0.415 e. The van der Waals surface area contributed by atoms with Gasteiger partial charge in [0.2, 0.25) is 0 Å². The van der Waals surface area contributed by atoms with Gasteiger partial charge in [0.1, 0.15) is 17.3 Å². The maximum absolute atomic E-state index is 12.5. The Morgan fingerprint density at radius 1 is 1.23 bits per heavy atom. The molecule has 0 spiro atoms. The summed E-state index contributed by atoms with van der Waals surface area (Å²) < 4.78 is 12.8. The zero-order valence-corrected chi connectivity index (χ0v) is 18.7. The lowest BCUT2D eigenvalue weighted by Gasteiger charge is -2.33. The Hall–Kier alpha value is -2.78. The highest BCUT2D eigenvalue weighted by molar-refractivity contribution is 7.80. The summed E-state index contributed by atoms with van der Waals surface area (Å²) in [6, 6.07) is 9.39. The Morgan fingerprint density at radius 3 is 2.58 bits per heavy atom. The number of carbonyl (C=O) groups is 1. The van der Waals surface area contributed by atoms with Gasteiger partial charge in [-0.3, -0.25) is 4.90 Å². The Bertz CT molecular complexity index is 1010. The summed E-state index contributed by atoms with van der Waals surface area (Å²) in [5.74, 6) is 2.29. The van der Waals surface area contributed by atoms with Gasteiger partial charge >= 0.3 is 6.09 Å². The normalized spacial score (nSPS) is 15.8. The molecule has 9 heteroatoms. The van der Waals surface area contributed by atoms with Crippen LogP contribution in [0.25, 0.3) is 0 Å². The number of imidazole rings is 1. The van der Waals surface area contributed by atoms with Crippen molar-refractivity contribution in [1.29, 1.82) is 0 Å². The molecule has 3 heterocycles. The van der Waals surface area contributed by atoms with Crippen molar-refractivity contribution in [3.8, 4) is 5.75 Å². The predicted octanol–water partition coefficient (Wildman–Crippen LogP) is 3.09. The van der Waals surface area contributed by atoms with Crippen LogP contribution in [0.1, 0.15) is 28.1 Å². The second-order valence-electron chi connectivity index (χ2n) is 7.75. The molecule has 1 amide bonds. The summed E-state index contributed by atoms with van der Waals surface area (Å²) >= 11 is 4.67. The fourth-order valence-corrected chi connectivity index (χ4v) is 4.05. The number of hydrogen-bond acceptors (Lipinski definition) is 7. The van der Waals surface area contributed by atoms with Gasteiger partial charge in [-0.25, -0.2) is 9.78 Å². The minimum Gasteiger partial charge on any atom is -0.410 e. The smallest absolute Gasteiger partial charge is 0.410 e. The van der Waals surface area contributed by atoms with Crippen LogP contribution in [0.3, 0.4) is 0 Å². The molecular weight excluding hydrogens is 414 g/mol. The fraction of sp³-hybridized carbons (Fsp3) is 0.409. The minimum atomic E-state index is -0.315. The molecule has 1 fully saturated rings. The number of piperazine rings is 1.